The van der Waals surface area contributed by atoms with Crippen LogP contribution in [0.2, 0.25) is 0 Å². The molecule has 15 heavy (non-hydrogen) atoms. The Labute approximate surface area is 92.8 Å². The first-order valence-electron chi connectivity index (χ1n) is 3.94. The van der Waals surface area contributed by atoms with Gasteiger partial charge in [-0.2, -0.15) is 10.5 Å². The molecular formula is C9H9N3O2S. The van der Waals surface area contributed by atoms with Crippen molar-refractivity contribution >= 4 is 18.6 Å². The molecule has 0 fully saturated rings. The molecule has 0 saturated carbocycles. The molecule has 0 saturated heterocycles. The average Bonchev–Trinajstić information content (AvgIpc) is 2.19. The van der Waals surface area contributed by atoms with E-state index in [2.05, 4.69) is 17.4 Å². The van der Waals surface area contributed by atoms with E-state index in [4.69, 9.17) is 16.3 Å². The summed E-state index contributed by atoms with van der Waals surface area (Å²) in [5.74, 6) is -0.790. The first kappa shape index (κ1) is 13.1. The molecule has 0 spiro atoms. The van der Waals surface area contributed by atoms with E-state index in [1.165, 1.54) is 0 Å². The number of thiol groups is 1. The van der Waals surface area contributed by atoms with Crippen molar-refractivity contribution in [1.29, 1.82) is 10.5 Å². The zero-order chi connectivity index (χ0) is 11.8. The minimum Gasteiger partial charge on any atom is -0.462 e. The van der Waals surface area contributed by atoms with Gasteiger partial charge in [0.25, 0.3) is 0 Å². The van der Waals surface area contributed by atoms with Crippen LogP contribution in [0.15, 0.2) is 22.3 Å². The van der Waals surface area contributed by atoms with Gasteiger partial charge in [-0.05, 0) is 13.0 Å². The van der Waals surface area contributed by atoms with Gasteiger partial charge in [0.2, 0.25) is 0 Å². The standard InChI is InChI=1S/C9H9N3O2S/c1-2-14-9(13)7(5-11)3-6(4-10)8(12)15/h3,15H,2,12H2,1H3/b7-3+,8-6+. The fourth-order valence-electron chi connectivity index (χ4n) is 0.654. The molecule has 0 aliphatic heterocycles. The van der Waals surface area contributed by atoms with E-state index < -0.39 is 5.97 Å². The van der Waals surface area contributed by atoms with Crippen molar-refractivity contribution < 1.29 is 9.53 Å². The number of nitrogens with two attached hydrogens (primary N) is 1. The number of hydrogen-bond donors (Lipinski definition) is 2. The molecule has 0 aliphatic rings. The lowest BCUT2D eigenvalue weighted by Gasteiger charge is -1.99. The van der Waals surface area contributed by atoms with Crippen LogP contribution in [0.5, 0.6) is 0 Å². The van der Waals surface area contributed by atoms with Gasteiger partial charge in [-0.3, -0.25) is 0 Å². The summed E-state index contributed by atoms with van der Waals surface area (Å²) >= 11 is 3.74. The molecule has 2 N–H and O–H groups in total. The molecule has 0 amide bonds. The number of hydrogen-bond acceptors (Lipinski definition) is 6. The van der Waals surface area contributed by atoms with Gasteiger partial charge < -0.3 is 10.5 Å². The lowest BCUT2D eigenvalue weighted by molar-refractivity contribution is -0.138. The Bertz CT molecular complexity index is 395. The predicted octanol–water partition coefficient (Wildman–Crippen LogP) is 0.623. The van der Waals surface area contributed by atoms with Crippen LogP contribution in [-0.4, -0.2) is 12.6 Å². The maximum Gasteiger partial charge on any atom is 0.348 e. The Hall–Kier alpha value is -1.92. The molecule has 0 unspecified atom stereocenters. The van der Waals surface area contributed by atoms with E-state index in [0.717, 1.165) is 6.08 Å². The Kier molecular flexibility index (Phi) is 5.69. The molecular weight excluding hydrogens is 214 g/mol. The lowest BCUT2D eigenvalue weighted by atomic mass is 10.2. The fourth-order valence-corrected chi connectivity index (χ4v) is 0.768. The number of carbonyl (C=O) groups is 1. The van der Waals surface area contributed by atoms with Gasteiger partial charge in [-0.1, -0.05) is 0 Å². The first-order chi connectivity index (χ1) is 7.06. The summed E-state index contributed by atoms with van der Waals surface area (Å²) in [6.45, 7) is 1.76. The fraction of sp³-hybridized carbons (Fsp3) is 0.222. The first-order valence-corrected chi connectivity index (χ1v) is 4.39. The quantitative estimate of drug-likeness (QED) is 0.240. The highest BCUT2D eigenvalue weighted by Crippen LogP contribution is 2.08. The lowest BCUT2D eigenvalue weighted by Crippen LogP contribution is -2.07. The second-order valence-electron chi connectivity index (χ2n) is 2.30. The van der Waals surface area contributed by atoms with E-state index in [1.807, 2.05) is 0 Å². The molecule has 0 bridgehead atoms. The predicted molar refractivity (Wildman–Crippen MR) is 56.1 cm³/mol. The molecule has 6 heteroatoms. The van der Waals surface area contributed by atoms with Crippen molar-refractivity contribution in [2.75, 3.05) is 6.61 Å². The molecule has 0 aromatic carbocycles. The topological polar surface area (TPSA) is 99.9 Å². The Morgan fingerprint density at radius 2 is 2.13 bits per heavy atom. The molecule has 0 heterocycles. The molecule has 0 aliphatic carbocycles. The SMILES string of the molecule is CCOC(=O)/C(C#N)=C/C(C#N)=C(/N)S. The number of nitriles is 2. The van der Waals surface area contributed by atoms with Gasteiger partial charge in [0.15, 0.2) is 0 Å². The molecule has 0 aromatic rings. The number of esters is 1. The summed E-state index contributed by atoms with van der Waals surface area (Å²) in [6, 6.07) is 3.32. The summed E-state index contributed by atoms with van der Waals surface area (Å²) in [6.07, 6.45) is 1.04. The van der Waals surface area contributed by atoms with Crippen molar-refractivity contribution in [3.8, 4) is 12.1 Å². The van der Waals surface area contributed by atoms with Crippen LogP contribution >= 0.6 is 12.6 Å². The summed E-state index contributed by atoms with van der Waals surface area (Å²) in [5.41, 5.74) is 4.90. The molecule has 0 radical (unpaired) electrons. The van der Waals surface area contributed by atoms with Crippen LogP contribution in [-0.2, 0) is 9.53 Å². The van der Waals surface area contributed by atoms with Crippen molar-refractivity contribution in [2.24, 2.45) is 5.73 Å². The third kappa shape index (κ3) is 4.21. The Morgan fingerprint density at radius 1 is 1.53 bits per heavy atom. The van der Waals surface area contributed by atoms with Gasteiger partial charge >= 0.3 is 5.97 Å². The molecule has 0 aromatic heterocycles. The van der Waals surface area contributed by atoms with Crippen LogP contribution in [0.1, 0.15) is 6.92 Å². The monoisotopic (exact) mass is 223 g/mol. The summed E-state index contributed by atoms with van der Waals surface area (Å²) in [5, 5.41) is 17.2. The molecule has 0 rings (SSSR count). The van der Waals surface area contributed by atoms with Crippen LogP contribution in [0.3, 0.4) is 0 Å². The number of nitrogens with zero attached hydrogens (tertiary/aromatic N) is 2. The largest absolute Gasteiger partial charge is 0.462 e. The number of carbonyl (C=O) groups excluding carboxylic acids is 1. The summed E-state index contributed by atoms with van der Waals surface area (Å²) in [4.78, 5) is 11.1. The molecule has 0 atom stereocenters. The van der Waals surface area contributed by atoms with E-state index >= 15 is 0 Å². The summed E-state index contributed by atoms with van der Waals surface area (Å²) < 4.78 is 4.59. The molecule has 78 valence electrons. The highest BCUT2D eigenvalue weighted by atomic mass is 32.1. The Balaban J connectivity index is 5.10. The summed E-state index contributed by atoms with van der Waals surface area (Å²) in [7, 11) is 0. The maximum atomic E-state index is 11.1. The van der Waals surface area contributed by atoms with Gasteiger partial charge in [-0.25, -0.2) is 4.79 Å². The average molecular weight is 223 g/mol. The number of rotatable bonds is 3. The zero-order valence-corrected chi connectivity index (χ0v) is 8.91. The minimum atomic E-state index is -0.790. The van der Waals surface area contributed by atoms with E-state index in [9.17, 15) is 4.79 Å². The normalized spacial score (nSPS) is 12.1. The maximum absolute atomic E-state index is 11.1. The van der Waals surface area contributed by atoms with Crippen molar-refractivity contribution in [3.05, 3.63) is 22.3 Å². The second-order valence-corrected chi connectivity index (χ2v) is 2.78. The van der Waals surface area contributed by atoms with Gasteiger partial charge in [0.1, 0.15) is 17.7 Å². The highest BCUT2D eigenvalue weighted by Gasteiger charge is 2.11. The van der Waals surface area contributed by atoms with Crippen molar-refractivity contribution in [1.82, 2.24) is 0 Å². The van der Waals surface area contributed by atoms with Gasteiger partial charge in [0, 0.05) is 0 Å². The smallest absolute Gasteiger partial charge is 0.348 e. The van der Waals surface area contributed by atoms with E-state index in [1.54, 1.807) is 19.1 Å². The van der Waals surface area contributed by atoms with Crippen LogP contribution < -0.4 is 5.73 Å². The van der Waals surface area contributed by atoms with E-state index in [0.29, 0.717) is 0 Å². The van der Waals surface area contributed by atoms with E-state index in [-0.39, 0.29) is 22.8 Å². The van der Waals surface area contributed by atoms with Gasteiger partial charge in [-0.15, -0.1) is 12.6 Å². The highest BCUT2D eigenvalue weighted by molar-refractivity contribution is 7.84. The van der Waals surface area contributed by atoms with Crippen LogP contribution in [0.4, 0.5) is 0 Å². The number of ether oxygens (including phenoxy) is 1. The minimum absolute atomic E-state index is 0.0528. The molecule has 5 nitrogen and oxygen atoms in total. The van der Waals surface area contributed by atoms with Gasteiger partial charge in [0.05, 0.1) is 17.2 Å². The van der Waals surface area contributed by atoms with Crippen molar-refractivity contribution in [3.63, 3.8) is 0 Å². The third-order valence-corrected chi connectivity index (χ3v) is 1.54. The second kappa shape index (κ2) is 6.52. The third-order valence-electron chi connectivity index (χ3n) is 1.30. The Morgan fingerprint density at radius 3 is 2.47 bits per heavy atom. The van der Waals surface area contributed by atoms with Crippen molar-refractivity contribution in [2.45, 2.75) is 6.92 Å². The van der Waals surface area contributed by atoms with Crippen LogP contribution in [0, 0.1) is 22.7 Å². The van der Waals surface area contributed by atoms with Crippen LogP contribution in [0.25, 0.3) is 0 Å². The zero-order valence-electron chi connectivity index (χ0n) is 8.02. The number of allylic oxidation sites excluding steroid dienone is 2.